The molecule has 0 aliphatic carbocycles. The molecule has 1 N–H and O–H groups in total. The molecule has 8 nitrogen and oxygen atoms in total. The highest BCUT2D eigenvalue weighted by molar-refractivity contribution is 5.72. The van der Waals surface area contributed by atoms with Crippen molar-refractivity contribution in [3.63, 3.8) is 0 Å². The minimum absolute atomic E-state index is 0.164. The first-order chi connectivity index (χ1) is 16.3. The largest absolute Gasteiger partial charge is 0.465 e. The van der Waals surface area contributed by atoms with Crippen LogP contribution in [0.2, 0.25) is 0 Å². The van der Waals surface area contributed by atoms with E-state index in [2.05, 4.69) is 10.1 Å². The van der Waals surface area contributed by atoms with Crippen LogP contribution in [0.3, 0.4) is 0 Å². The van der Waals surface area contributed by atoms with Crippen molar-refractivity contribution >= 4 is 11.7 Å². The first-order valence-electron chi connectivity index (χ1n) is 10.9. The van der Waals surface area contributed by atoms with Crippen LogP contribution in [0.15, 0.2) is 42.7 Å². The Labute approximate surface area is 194 Å². The molecule has 176 valence electrons. The molecule has 0 saturated carbocycles. The summed E-state index contributed by atoms with van der Waals surface area (Å²) in [5.74, 6) is -1.50. The molecule has 1 atom stereocenters. The van der Waals surface area contributed by atoms with Crippen molar-refractivity contribution in [2.75, 3.05) is 19.7 Å². The summed E-state index contributed by atoms with van der Waals surface area (Å²) in [7, 11) is 1.73. The smallest absolute Gasteiger partial charge is 0.407 e. The summed E-state index contributed by atoms with van der Waals surface area (Å²) in [6, 6.07) is 7.90. The van der Waals surface area contributed by atoms with Crippen LogP contribution in [0.25, 0.3) is 28.2 Å². The molecule has 5 rings (SSSR count). The van der Waals surface area contributed by atoms with Gasteiger partial charge in [0.1, 0.15) is 17.3 Å². The molecular formula is C24H23F2N5O3. The molecular weight excluding hydrogens is 444 g/mol. The zero-order valence-corrected chi connectivity index (χ0v) is 18.7. The second kappa shape index (κ2) is 8.53. The lowest BCUT2D eigenvalue weighted by Gasteiger charge is -2.31. The molecule has 1 unspecified atom stereocenters. The Kier molecular flexibility index (Phi) is 5.52. The molecule has 0 bridgehead atoms. The van der Waals surface area contributed by atoms with Crippen molar-refractivity contribution < 1.29 is 23.4 Å². The van der Waals surface area contributed by atoms with Crippen LogP contribution in [-0.4, -0.2) is 61.1 Å². The van der Waals surface area contributed by atoms with E-state index in [-0.39, 0.29) is 37.4 Å². The lowest BCUT2D eigenvalue weighted by atomic mass is 10.0. The molecule has 1 saturated heterocycles. The van der Waals surface area contributed by atoms with Crippen molar-refractivity contribution in [3.8, 4) is 22.5 Å². The summed E-state index contributed by atoms with van der Waals surface area (Å²) < 4.78 is 39.9. The standard InChI is InChI=1S/C24H23F2N5O3/c1-14-3-6-31-20(12-16-13-30(24(32)33)7-8-34-16)23(27-21(31)9-14)22-17(25)10-15(11-18(22)26)19-4-5-29(2)28-19/h3-6,9-11,16H,7-8,12-13H2,1-2H3,(H,32,33). The van der Waals surface area contributed by atoms with E-state index >= 15 is 8.78 Å². The van der Waals surface area contributed by atoms with Crippen LogP contribution in [0.5, 0.6) is 0 Å². The quantitative estimate of drug-likeness (QED) is 0.492. The zero-order valence-electron chi connectivity index (χ0n) is 18.7. The van der Waals surface area contributed by atoms with E-state index in [0.29, 0.717) is 22.6 Å². The lowest BCUT2D eigenvalue weighted by molar-refractivity contribution is -0.0214. The molecule has 1 aromatic carbocycles. The summed E-state index contributed by atoms with van der Waals surface area (Å²) in [6.45, 7) is 2.61. The number of hydrogen-bond donors (Lipinski definition) is 1. The van der Waals surface area contributed by atoms with Gasteiger partial charge in [0.15, 0.2) is 0 Å². The molecule has 4 aromatic rings. The number of imidazole rings is 1. The number of carbonyl (C=O) groups is 1. The van der Waals surface area contributed by atoms with E-state index in [9.17, 15) is 9.90 Å². The number of halogens is 2. The van der Waals surface area contributed by atoms with Crippen molar-refractivity contribution in [2.45, 2.75) is 19.4 Å². The minimum atomic E-state index is -1.02. The summed E-state index contributed by atoms with van der Waals surface area (Å²) in [5, 5.41) is 13.6. The average Bonchev–Trinajstić information content (AvgIpc) is 3.37. The van der Waals surface area contributed by atoms with Gasteiger partial charge >= 0.3 is 6.09 Å². The number of nitrogens with zero attached hydrogens (tertiary/aromatic N) is 5. The van der Waals surface area contributed by atoms with Crippen LogP contribution in [0, 0.1) is 18.6 Å². The lowest BCUT2D eigenvalue weighted by Crippen LogP contribution is -2.45. The third kappa shape index (κ3) is 4.01. The van der Waals surface area contributed by atoms with Gasteiger partial charge in [-0.25, -0.2) is 18.6 Å². The molecule has 0 spiro atoms. The van der Waals surface area contributed by atoms with Gasteiger partial charge in [-0.15, -0.1) is 0 Å². The molecule has 3 aromatic heterocycles. The zero-order chi connectivity index (χ0) is 24.0. The fraction of sp³-hybridized carbons (Fsp3) is 0.292. The first-order valence-corrected chi connectivity index (χ1v) is 10.9. The average molecular weight is 467 g/mol. The molecule has 1 fully saturated rings. The van der Waals surface area contributed by atoms with Crippen molar-refractivity contribution in [2.24, 2.45) is 7.05 Å². The van der Waals surface area contributed by atoms with Gasteiger partial charge in [0.25, 0.3) is 0 Å². The van der Waals surface area contributed by atoms with E-state index in [0.717, 1.165) is 5.56 Å². The number of amides is 1. The Bertz CT molecular complexity index is 1370. The van der Waals surface area contributed by atoms with Gasteiger partial charge in [-0.05, 0) is 42.8 Å². The number of hydrogen-bond acceptors (Lipinski definition) is 4. The van der Waals surface area contributed by atoms with E-state index in [1.54, 1.807) is 34.6 Å². The maximum Gasteiger partial charge on any atom is 0.407 e. The Hall–Kier alpha value is -3.79. The minimum Gasteiger partial charge on any atom is -0.465 e. The predicted molar refractivity (Wildman–Crippen MR) is 121 cm³/mol. The van der Waals surface area contributed by atoms with Crippen molar-refractivity contribution in [3.05, 3.63) is 65.6 Å². The highest BCUT2D eigenvalue weighted by Gasteiger charge is 2.28. The number of pyridine rings is 1. The molecule has 1 aliphatic heterocycles. The Morgan fingerprint density at radius 1 is 1.21 bits per heavy atom. The van der Waals surface area contributed by atoms with Gasteiger partial charge in [0, 0.05) is 38.0 Å². The molecule has 1 aliphatic rings. The van der Waals surface area contributed by atoms with Gasteiger partial charge < -0.3 is 19.1 Å². The molecule has 1 amide bonds. The van der Waals surface area contributed by atoms with Gasteiger partial charge in [0.2, 0.25) is 0 Å². The number of carboxylic acid groups (broad SMARTS) is 1. The first kappa shape index (κ1) is 22.0. The number of ether oxygens (including phenoxy) is 1. The predicted octanol–water partition coefficient (Wildman–Crippen LogP) is 3.91. The molecule has 0 radical (unpaired) electrons. The van der Waals surface area contributed by atoms with Gasteiger partial charge in [0.05, 0.1) is 41.9 Å². The summed E-state index contributed by atoms with van der Waals surface area (Å²) in [4.78, 5) is 17.3. The summed E-state index contributed by atoms with van der Waals surface area (Å²) in [6.07, 6.45) is 2.25. The molecule has 4 heterocycles. The number of aromatic nitrogens is 4. The highest BCUT2D eigenvalue weighted by atomic mass is 19.1. The number of fused-ring (bicyclic) bond motifs is 1. The second-order valence-electron chi connectivity index (χ2n) is 8.45. The van der Waals surface area contributed by atoms with Crippen LogP contribution in [-0.2, 0) is 18.2 Å². The van der Waals surface area contributed by atoms with Crippen LogP contribution < -0.4 is 0 Å². The van der Waals surface area contributed by atoms with Crippen LogP contribution in [0.4, 0.5) is 13.6 Å². The number of morpholine rings is 1. The highest BCUT2D eigenvalue weighted by Crippen LogP contribution is 2.34. The van der Waals surface area contributed by atoms with E-state index < -0.39 is 23.8 Å². The summed E-state index contributed by atoms with van der Waals surface area (Å²) >= 11 is 0. The summed E-state index contributed by atoms with van der Waals surface area (Å²) in [5.41, 5.74) is 2.77. The maximum absolute atomic E-state index is 15.4. The van der Waals surface area contributed by atoms with Crippen molar-refractivity contribution in [1.29, 1.82) is 0 Å². The fourth-order valence-corrected chi connectivity index (χ4v) is 4.34. The van der Waals surface area contributed by atoms with E-state index in [1.165, 1.54) is 17.0 Å². The normalized spacial score (nSPS) is 16.4. The molecule has 10 heteroatoms. The second-order valence-corrected chi connectivity index (χ2v) is 8.45. The third-order valence-corrected chi connectivity index (χ3v) is 6.00. The topological polar surface area (TPSA) is 84.9 Å². The van der Waals surface area contributed by atoms with E-state index in [4.69, 9.17) is 4.74 Å². The number of aryl methyl sites for hydroxylation is 2. The van der Waals surface area contributed by atoms with Gasteiger partial charge in [-0.3, -0.25) is 4.68 Å². The Balaban J connectivity index is 1.60. The Morgan fingerprint density at radius 3 is 2.65 bits per heavy atom. The van der Waals surface area contributed by atoms with Gasteiger partial charge in [-0.1, -0.05) is 0 Å². The van der Waals surface area contributed by atoms with E-state index in [1.807, 2.05) is 19.1 Å². The monoisotopic (exact) mass is 467 g/mol. The number of benzene rings is 1. The van der Waals surface area contributed by atoms with Crippen LogP contribution >= 0.6 is 0 Å². The molecule has 34 heavy (non-hydrogen) atoms. The van der Waals surface area contributed by atoms with Gasteiger partial charge in [-0.2, -0.15) is 5.10 Å². The van der Waals surface area contributed by atoms with Crippen LogP contribution in [0.1, 0.15) is 11.3 Å². The Morgan fingerprint density at radius 2 is 1.97 bits per heavy atom. The maximum atomic E-state index is 15.4. The SMILES string of the molecule is Cc1ccn2c(CC3CN(C(=O)O)CCO3)c(-c3c(F)cc(-c4ccn(C)n4)cc3F)nc2c1. The third-order valence-electron chi connectivity index (χ3n) is 6.00. The van der Waals surface area contributed by atoms with Crippen molar-refractivity contribution in [1.82, 2.24) is 24.1 Å². The fourth-order valence-electron chi connectivity index (χ4n) is 4.34. The number of rotatable bonds is 4.